The first-order chi connectivity index (χ1) is 7.75. The maximum Gasteiger partial charge on any atom is 0.230 e. The van der Waals surface area contributed by atoms with Gasteiger partial charge in [-0.2, -0.15) is 0 Å². The van der Waals surface area contributed by atoms with Crippen LogP contribution in [0.5, 0.6) is 5.75 Å². The summed E-state index contributed by atoms with van der Waals surface area (Å²) in [6.45, 7) is 0. The lowest BCUT2D eigenvalue weighted by Gasteiger charge is -2.03. The first-order valence-corrected chi connectivity index (χ1v) is 5.60. The molecular formula is C11H10N2O2S. The molecule has 0 aliphatic carbocycles. The largest absolute Gasteiger partial charge is 0.508 e. The summed E-state index contributed by atoms with van der Waals surface area (Å²) in [5, 5.41) is 14.5. The van der Waals surface area contributed by atoms with Gasteiger partial charge in [-0.05, 0) is 6.07 Å². The molecule has 0 aliphatic heterocycles. The SMILES string of the molecule is O=C(Cc1ccccc1O)Nc1nccs1. The van der Waals surface area contributed by atoms with E-state index in [1.807, 2.05) is 0 Å². The number of amides is 1. The average molecular weight is 234 g/mol. The third kappa shape index (κ3) is 2.58. The van der Waals surface area contributed by atoms with Crippen LogP contribution in [0.4, 0.5) is 5.13 Å². The van der Waals surface area contributed by atoms with Crippen molar-refractivity contribution < 1.29 is 9.90 Å². The summed E-state index contributed by atoms with van der Waals surface area (Å²) >= 11 is 1.36. The quantitative estimate of drug-likeness (QED) is 0.854. The lowest BCUT2D eigenvalue weighted by molar-refractivity contribution is -0.115. The summed E-state index contributed by atoms with van der Waals surface area (Å²) in [6, 6.07) is 6.78. The number of benzene rings is 1. The minimum Gasteiger partial charge on any atom is -0.508 e. The molecule has 82 valence electrons. The highest BCUT2D eigenvalue weighted by molar-refractivity contribution is 7.13. The number of rotatable bonds is 3. The van der Waals surface area contributed by atoms with Crippen LogP contribution in [0.15, 0.2) is 35.8 Å². The Balaban J connectivity index is 2.00. The molecule has 0 bridgehead atoms. The predicted octanol–water partition coefficient (Wildman–Crippen LogP) is 2.03. The number of nitrogens with one attached hydrogen (secondary N) is 1. The van der Waals surface area contributed by atoms with Crippen LogP contribution in [0.3, 0.4) is 0 Å². The molecule has 5 heteroatoms. The molecule has 1 amide bonds. The molecule has 0 radical (unpaired) electrons. The number of thiazole rings is 1. The molecule has 1 aromatic heterocycles. The Morgan fingerprint density at radius 1 is 1.44 bits per heavy atom. The van der Waals surface area contributed by atoms with Crippen molar-refractivity contribution >= 4 is 22.4 Å². The zero-order valence-electron chi connectivity index (χ0n) is 8.38. The molecule has 16 heavy (non-hydrogen) atoms. The summed E-state index contributed by atoms with van der Waals surface area (Å²) in [6.07, 6.45) is 1.77. The maximum atomic E-state index is 11.6. The fourth-order valence-electron chi connectivity index (χ4n) is 1.28. The van der Waals surface area contributed by atoms with Gasteiger partial charge in [-0.3, -0.25) is 4.79 Å². The van der Waals surface area contributed by atoms with Crippen molar-refractivity contribution in [3.8, 4) is 5.75 Å². The summed E-state index contributed by atoms with van der Waals surface area (Å²) in [5.74, 6) is -0.0479. The van der Waals surface area contributed by atoms with Crippen molar-refractivity contribution in [2.75, 3.05) is 5.32 Å². The van der Waals surface area contributed by atoms with Gasteiger partial charge in [-0.1, -0.05) is 18.2 Å². The Labute approximate surface area is 96.6 Å². The molecule has 0 saturated heterocycles. The summed E-state index contributed by atoms with van der Waals surface area (Å²) in [4.78, 5) is 15.5. The van der Waals surface area contributed by atoms with Crippen LogP contribution < -0.4 is 5.32 Å². The van der Waals surface area contributed by atoms with Gasteiger partial charge in [0, 0.05) is 17.1 Å². The average Bonchev–Trinajstić information content (AvgIpc) is 2.74. The fraction of sp³-hybridized carbons (Fsp3) is 0.0909. The first kappa shape index (κ1) is 10.6. The lowest BCUT2D eigenvalue weighted by Crippen LogP contribution is -2.14. The number of nitrogens with zero attached hydrogens (tertiary/aromatic N) is 1. The van der Waals surface area contributed by atoms with Gasteiger partial charge in [0.1, 0.15) is 5.75 Å². The van der Waals surface area contributed by atoms with Gasteiger partial charge in [0.05, 0.1) is 6.42 Å². The Kier molecular flexibility index (Phi) is 3.16. The summed E-state index contributed by atoms with van der Waals surface area (Å²) in [5.41, 5.74) is 0.608. The van der Waals surface area contributed by atoms with Crippen LogP contribution in [0, 0.1) is 0 Å². The lowest BCUT2D eigenvalue weighted by atomic mass is 10.1. The number of para-hydroxylation sites is 1. The van der Waals surface area contributed by atoms with E-state index in [1.54, 1.807) is 35.8 Å². The first-order valence-electron chi connectivity index (χ1n) is 4.72. The molecule has 0 aliphatic rings. The zero-order chi connectivity index (χ0) is 11.4. The number of hydrogen-bond donors (Lipinski definition) is 2. The molecule has 0 spiro atoms. The van der Waals surface area contributed by atoms with Gasteiger partial charge in [0.2, 0.25) is 5.91 Å². The highest BCUT2D eigenvalue weighted by atomic mass is 32.1. The normalized spacial score (nSPS) is 10.0. The zero-order valence-corrected chi connectivity index (χ0v) is 9.20. The second-order valence-electron chi connectivity index (χ2n) is 3.19. The van der Waals surface area contributed by atoms with E-state index >= 15 is 0 Å². The molecule has 0 fully saturated rings. The van der Waals surface area contributed by atoms with Crippen LogP contribution in [0.2, 0.25) is 0 Å². The molecule has 2 N–H and O–H groups in total. The van der Waals surface area contributed by atoms with E-state index in [1.165, 1.54) is 11.3 Å². The molecular weight excluding hydrogens is 224 g/mol. The van der Waals surface area contributed by atoms with Gasteiger partial charge in [-0.15, -0.1) is 11.3 Å². The molecule has 2 rings (SSSR count). The van der Waals surface area contributed by atoms with Crippen LogP contribution in [-0.4, -0.2) is 16.0 Å². The molecule has 0 saturated carbocycles. The molecule has 0 atom stereocenters. The number of aromatic nitrogens is 1. The summed E-state index contributed by atoms with van der Waals surface area (Å²) in [7, 11) is 0. The molecule has 2 aromatic rings. The van der Waals surface area contributed by atoms with Crippen molar-refractivity contribution in [2.24, 2.45) is 0 Å². The molecule has 0 unspecified atom stereocenters. The Bertz CT molecular complexity index is 482. The van der Waals surface area contributed by atoms with Crippen molar-refractivity contribution in [1.29, 1.82) is 0 Å². The minimum absolute atomic E-state index is 0.136. The number of anilines is 1. The minimum atomic E-state index is -0.184. The number of phenolic OH excluding ortho intramolecular Hbond substituents is 1. The maximum absolute atomic E-state index is 11.6. The van der Waals surface area contributed by atoms with Gasteiger partial charge in [0.25, 0.3) is 0 Å². The second-order valence-corrected chi connectivity index (χ2v) is 4.09. The van der Waals surface area contributed by atoms with E-state index < -0.39 is 0 Å². The number of phenols is 1. The van der Waals surface area contributed by atoms with Crippen LogP contribution >= 0.6 is 11.3 Å². The van der Waals surface area contributed by atoms with Crippen molar-refractivity contribution in [2.45, 2.75) is 6.42 Å². The van der Waals surface area contributed by atoms with Crippen molar-refractivity contribution in [3.05, 3.63) is 41.4 Å². The predicted molar refractivity (Wildman–Crippen MR) is 62.6 cm³/mol. The Morgan fingerprint density at radius 2 is 2.25 bits per heavy atom. The van der Waals surface area contributed by atoms with Crippen LogP contribution in [0.1, 0.15) is 5.56 Å². The standard InChI is InChI=1S/C11H10N2O2S/c14-9-4-2-1-3-8(9)7-10(15)13-11-12-5-6-16-11/h1-6,14H,7H2,(H,12,13,15). The Morgan fingerprint density at radius 3 is 2.94 bits per heavy atom. The van der Waals surface area contributed by atoms with Gasteiger partial charge in [0.15, 0.2) is 5.13 Å². The smallest absolute Gasteiger partial charge is 0.230 e. The second kappa shape index (κ2) is 4.76. The van der Waals surface area contributed by atoms with E-state index in [0.717, 1.165) is 0 Å². The van der Waals surface area contributed by atoms with E-state index in [4.69, 9.17) is 0 Å². The van der Waals surface area contributed by atoms with E-state index in [9.17, 15) is 9.90 Å². The fourth-order valence-corrected chi connectivity index (χ4v) is 1.83. The van der Waals surface area contributed by atoms with Gasteiger partial charge >= 0.3 is 0 Å². The number of carbonyl (C=O) groups excluding carboxylic acids is 1. The third-order valence-electron chi connectivity index (χ3n) is 2.02. The van der Waals surface area contributed by atoms with Crippen molar-refractivity contribution in [3.63, 3.8) is 0 Å². The highest BCUT2D eigenvalue weighted by Gasteiger charge is 2.08. The molecule has 1 aromatic carbocycles. The molecule has 1 heterocycles. The molecule has 4 nitrogen and oxygen atoms in total. The summed E-state index contributed by atoms with van der Waals surface area (Å²) < 4.78 is 0. The van der Waals surface area contributed by atoms with Crippen molar-refractivity contribution in [1.82, 2.24) is 4.98 Å². The highest BCUT2D eigenvalue weighted by Crippen LogP contribution is 2.17. The monoisotopic (exact) mass is 234 g/mol. The van der Waals surface area contributed by atoms with E-state index in [0.29, 0.717) is 10.7 Å². The van der Waals surface area contributed by atoms with Gasteiger partial charge < -0.3 is 10.4 Å². The Hall–Kier alpha value is -1.88. The van der Waals surface area contributed by atoms with E-state index in [-0.39, 0.29) is 18.1 Å². The van der Waals surface area contributed by atoms with Crippen LogP contribution in [-0.2, 0) is 11.2 Å². The number of aromatic hydroxyl groups is 1. The van der Waals surface area contributed by atoms with Crippen LogP contribution in [0.25, 0.3) is 0 Å². The number of carbonyl (C=O) groups is 1. The topological polar surface area (TPSA) is 62.2 Å². The third-order valence-corrected chi connectivity index (χ3v) is 2.71. The number of hydrogen-bond acceptors (Lipinski definition) is 4. The van der Waals surface area contributed by atoms with E-state index in [2.05, 4.69) is 10.3 Å². The van der Waals surface area contributed by atoms with Gasteiger partial charge in [-0.25, -0.2) is 4.98 Å².